The van der Waals surface area contributed by atoms with Crippen molar-refractivity contribution < 1.29 is 14.3 Å². The van der Waals surface area contributed by atoms with Crippen LogP contribution in [0.4, 0.5) is 0 Å². The van der Waals surface area contributed by atoms with Crippen LogP contribution in [0.15, 0.2) is 29.0 Å². The van der Waals surface area contributed by atoms with E-state index in [0.29, 0.717) is 28.8 Å². The lowest BCUT2D eigenvalue weighted by atomic mass is 9.47. The van der Waals surface area contributed by atoms with Gasteiger partial charge in [-0.1, -0.05) is 50.6 Å². The fraction of sp³-hybridized carbons (Fsp3) is 0.853. The molecule has 0 spiro atoms. The third-order valence-electron chi connectivity index (χ3n) is 12.4. The van der Waals surface area contributed by atoms with E-state index < -0.39 is 0 Å². The Morgan fingerprint density at radius 1 is 1.00 bits per heavy atom. The van der Waals surface area contributed by atoms with E-state index in [-0.39, 0.29) is 18.5 Å². The molecule has 4 saturated carbocycles. The molecule has 4 fully saturated rings. The van der Waals surface area contributed by atoms with Crippen molar-refractivity contribution in [1.82, 2.24) is 0 Å². The van der Waals surface area contributed by atoms with E-state index in [1.165, 1.54) is 69.9 Å². The number of oxime groups is 1. The van der Waals surface area contributed by atoms with Gasteiger partial charge in [0, 0.05) is 11.8 Å². The standard InChI is InChI=1S/C34H53NO3/c1-6-31-22(2)11-16-32(37-31)36-26-17-19-33(4)24(21-26)12-13-27-29-15-14-28(34(29,5)20-18-30(27)33)23(3)35-38-25-9-7-8-10-25/h11-12,16,22,25-32H,6-10,13-15,17-21H2,1-5H3/b35-23+/t22-,26-,27?,28+,29?,30?,31+,32?,33-,34+/m0/s1. The SMILES string of the molecule is CC[C@H]1OC(O[C@H]2CC[C@@]3(C)C(=CCC4C3CC[C@@]3(C)C4CC[C@@H]3/C(C)=N/OC3CCCC3)C2)C=C[C@@H]1C. The summed E-state index contributed by atoms with van der Waals surface area (Å²) in [5.74, 6) is 3.54. The number of hydrogen-bond donors (Lipinski definition) is 0. The summed E-state index contributed by atoms with van der Waals surface area (Å²) >= 11 is 0. The second kappa shape index (κ2) is 10.7. The topological polar surface area (TPSA) is 40.0 Å². The number of rotatable bonds is 6. The average Bonchev–Trinajstić information content (AvgIpc) is 3.56. The molecule has 212 valence electrons. The Labute approximate surface area is 232 Å². The van der Waals surface area contributed by atoms with Crippen LogP contribution in [-0.2, 0) is 14.3 Å². The highest BCUT2D eigenvalue weighted by atomic mass is 16.7. The summed E-state index contributed by atoms with van der Waals surface area (Å²) in [4.78, 5) is 6.03. The first kappa shape index (κ1) is 27.1. The minimum Gasteiger partial charge on any atom is -0.393 e. The van der Waals surface area contributed by atoms with Crippen LogP contribution in [0.25, 0.3) is 0 Å². The van der Waals surface area contributed by atoms with E-state index in [9.17, 15) is 0 Å². The lowest BCUT2D eigenvalue weighted by Crippen LogP contribution is -2.51. The summed E-state index contributed by atoms with van der Waals surface area (Å²) in [5, 5.41) is 4.75. The van der Waals surface area contributed by atoms with Crippen LogP contribution in [0, 0.1) is 40.4 Å². The zero-order chi connectivity index (χ0) is 26.5. The van der Waals surface area contributed by atoms with Gasteiger partial charge in [-0.3, -0.25) is 0 Å². The molecular formula is C34H53NO3. The molecule has 1 aliphatic heterocycles. The summed E-state index contributed by atoms with van der Waals surface area (Å²) in [6, 6.07) is 0. The smallest absolute Gasteiger partial charge is 0.177 e. The van der Waals surface area contributed by atoms with Crippen molar-refractivity contribution in [1.29, 1.82) is 0 Å². The van der Waals surface area contributed by atoms with E-state index >= 15 is 0 Å². The highest BCUT2D eigenvalue weighted by Gasteiger charge is 2.59. The molecular weight excluding hydrogens is 470 g/mol. The van der Waals surface area contributed by atoms with Crippen molar-refractivity contribution in [2.45, 2.75) is 143 Å². The maximum absolute atomic E-state index is 6.55. The zero-order valence-corrected chi connectivity index (χ0v) is 24.8. The minimum atomic E-state index is -0.171. The fourth-order valence-electron chi connectivity index (χ4n) is 10.1. The van der Waals surface area contributed by atoms with Gasteiger partial charge in [0.2, 0.25) is 0 Å². The Bertz CT molecular complexity index is 949. The zero-order valence-electron chi connectivity index (χ0n) is 24.8. The van der Waals surface area contributed by atoms with E-state index in [1.807, 2.05) is 0 Å². The summed E-state index contributed by atoms with van der Waals surface area (Å²) in [6.45, 7) is 11.9. The predicted octanol–water partition coefficient (Wildman–Crippen LogP) is 8.61. The summed E-state index contributed by atoms with van der Waals surface area (Å²) < 4.78 is 12.8. The second-order valence-electron chi connectivity index (χ2n) is 14.4. The molecule has 6 aliphatic rings. The van der Waals surface area contributed by atoms with Gasteiger partial charge in [-0.25, -0.2) is 0 Å². The molecule has 0 radical (unpaired) electrons. The van der Waals surface area contributed by atoms with Gasteiger partial charge in [-0.2, -0.15) is 0 Å². The van der Waals surface area contributed by atoms with Gasteiger partial charge < -0.3 is 14.3 Å². The second-order valence-corrected chi connectivity index (χ2v) is 14.4. The number of fused-ring (bicyclic) bond motifs is 5. The van der Waals surface area contributed by atoms with Crippen molar-refractivity contribution >= 4 is 5.71 Å². The van der Waals surface area contributed by atoms with Crippen molar-refractivity contribution in [3.05, 3.63) is 23.8 Å². The Morgan fingerprint density at radius 2 is 1.82 bits per heavy atom. The van der Waals surface area contributed by atoms with E-state index in [2.05, 4.69) is 52.8 Å². The van der Waals surface area contributed by atoms with Crippen LogP contribution < -0.4 is 0 Å². The molecule has 6 rings (SSSR count). The largest absolute Gasteiger partial charge is 0.393 e. The number of nitrogens with zero attached hydrogens (tertiary/aromatic N) is 1. The maximum Gasteiger partial charge on any atom is 0.177 e. The molecule has 0 aromatic rings. The van der Waals surface area contributed by atoms with Crippen molar-refractivity contribution in [3.63, 3.8) is 0 Å². The highest BCUT2D eigenvalue weighted by Crippen LogP contribution is 2.66. The Kier molecular flexibility index (Phi) is 7.61. The van der Waals surface area contributed by atoms with Gasteiger partial charge in [0.25, 0.3) is 0 Å². The minimum absolute atomic E-state index is 0.171. The van der Waals surface area contributed by atoms with Crippen LogP contribution in [-0.4, -0.2) is 30.3 Å². The molecule has 10 atom stereocenters. The first-order valence-corrected chi connectivity index (χ1v) is 16.2. The fourth-order valence-corrected chi connectivity index (χ4v) is 10.1. The van der Waals surface area contributed by atoms with Crippen LogP contribution in [0.3, 0.4) is 0 Å². The lowest BCUT2D eigenvalue weighted by Gasteiger charge is -2.58. The molecule has 38 heavy (non-hydrogen) atoms. The van der Waals surface area contributed by atoms with Gasteiger partial charge in [0.15, 0.2) is 6.29 Å². The van der Waals surface area contributed by atoms with Crippen molar-refractivity contribution in [2.24, 2.45) is 45.6 Å². The molecule has 4 heteroatoms. The first-order chi connectivity index (χ1) is 18.3. The number of ether oxygens (including phenoxy) is 2. The molecule has 0 saturated heterocycles. The van der Waals surface area contributed by atoms with Crippen molar-refractivity contribution in [3.8, 4) is 0 Å². The normalized spacial score (nSPS) is 47.3. The van der Waals surface area contributed by atoms with Crippen LogP contribution in [0.5, 0.6) is 0 Å². The molecule has 1 heterocycles. The predicted molar refractivity (Wildman–Crippen MR) is 154 cm³/mol. The summed E-state index contributed by atoms with van der Waals surface area (Å²) in [7, 11) is 0. The van der Waals surface area contributed by atoms with Gasteiger partial charge in [-0.05, 0) is 125 Å². The van der Waals surface area contributed by atoms with Crippen LogP contribution >= 0.6 is 0 Å². The van der Waals surface area contributed by atoms with Crippen molar-refractivity contribution in [2.75, 3.05) is 0 Å². The van der Waals surface area contributed by atoms with E-state index in [1.54, 1.807) is 5.57 Å². The molecule has 0 aromatic carbocycles. The van der Waals surface area contributed by atoms with Gasteiger partial charge in [0.1, 0.15) is 6.10 Å². The Morgan fingerprint density at radius 3 is 2.61 bits per heavy atom. The van der Waals surface area contributed by atoms with Crippen LogP contribution in [0.2, 0.25) is 0 Å². The first-order valence-electron chi connectivity index (χ1n) is 16.2. The molecule has 0 aromatic heterocycles. The average molecular weight is 524 g/mol. The number of allylic oxidation sites excluding steroid dienone is 1. The quantitative estimate of drug-likeness (QED) is 0.199. The third kappa shape index (κ3) is 4.74. The summed E-state index contributed by atoms with van der Waals surface area (Å²) in [5.41, 5.74) is 3.69. The maximum atomic E-state index is 6.55. The van der Waals surface area contributed by atoms with Gasteiger partial charge in [-0.15, -0.1) is 0 Å². The molecule has 4 nitrogen and oxygen atoms in total. The lowest BCUT2D eigenvalue weighted by molar-refractivity contribution is -0.188. The Hall–Kier alpha value is -1.13. The van der Waals surface area contributed by atoms with Gasteiger partial charge in [0.05, 0.1) is 17.9 Å². The summed E-state index contributed by atoms with van der Waals surface area (Å²) in [6.07, 6.45) is 24.0. The van der Waals surface area contributed by atoms with Crippen LogP contribution in [0.1, 0.15) is 118 Å². The molecule has 0 bridgehead atoms. The number of hydrogen-bond acceptors (Lipinski definition) is 4. The van der Waals surface area contributed by atoms with Gasteiger partial charge >= 0.3 is 0 Å². The monoisotopic (exact) mass is 523 g/mol. The molecule has 4 unspecified atom stereocenters. The Balaban J connectivity index is 1.12. The molecule has 5 aliphatic carbocycles. The third-order valence-corrected chi connectivity index (χ3v) is 12.4. The van der Waals surface area contributed by atoms with E-state index in [4.69, 9.17) is 19.5 Å². The molecule has 0 N–H and O–H groups in total. The van der Waals surface area contributed by atoms with E-state index in [0.717, 1.165) is 37.0 Å². The molecule has 0 amide bonds. The highest BCUT2D eigenvalue weighted by molar-refractivity contribution is 5.85.